The second-order valence-electron chi connectivity index (χ2n) is 13.5. The van der Waals surface area contributed by atoms with E-state index in [0.29, 0.717) is 42.8 Å². The Labute approximate surface area is 281 Å². The maximum atomic E-state index is 14.2. The number of piperazine rings is 1. The van der Waals surface area contributed by atoms with Gasteiger partial charge in [-0.25, -0.2) is 4.79 Å². The van der Waals surface area contributed by atoms with Crippen LogP contribution in [-0.2, 0) is 29.0 Å². The molecule has 0 saturated carbocycles. The van der Waals surface area contributed by atoms with Crippen LogP contribution in [0.1, 0.15) is 55.7 Å². The monoisotopic (exact) mass is 669 g/mol. The Kier molecular flexibility index (Phi) is 10.4. The summed E-state index contributed by atoms with van der Waals surface area (Å²) in [6.45, 7) is 9.58. The fourth-order valence-corrected chi connectivity index (χ4v) is 8.68. The summed E-state index contributed by atoms with van der Waals surface area (Å²) >= 11 is 8.11. The van der Waals surface area contributed by atoms with E-state index in [9.17, 15) is 14.4 Å². The van der Waals surface area contributed by atoms with Crippen molar-refractivity contribution in [2.24, 2.45) is 5.92 Å². The van der Waals surface area contributed by atoms with Gasteiger partial charge in [-0.05, 0) is 68.1 Å². The number of rotatable bonds is 8. The molecular weight excluding hydrogens is 622 g/mol. The van der Waals surface area contributed by atoms with Crippen molar-refractivity contribution in [3.05, 3.63) is 44.6 Å². The number of benzene rings is 1. The van der Waals surface area contributed by atoms with Crippen LogP contribution in [0.5, 0.6) is 0 Å². The standard InChI is InChI=1S/C34H48ClN7O3S/c1-3-24-16-23(18-29(35)32(24)36)17-25(33(44)41-10-4-27(5-11-41)39-14-12-38(2)13-15-39)19-31(43)40-8-6-28(7-9-40)42-20-26-21-46-22-30(26)37-34(42)45/h16,18,21-22,25,27-28H,3-15,17,19-20,36H2,1-2H3,(H,37,45)/t25-/m0/s1. The highest BCUT2D eigenvalue weighted by molar-refractivity contribution is 7.08. The summed E-state index contributed by atoms with van der Waals surface area (Å²) in [7, 11) is 2.17. The number of fused-ring (bicyclic) bond motifs is 1. The first-order valence-electron chi connectivity index (χ1n) is 16.9. The Morgan fingerprint density at radius 3 is 2.35 bits per heavy atom. The normalized spacial score (nSPS) is 21.3. The zero-order valence-electron chi connectivity index (χ0n) is 27.2. The first-order chi connectivity index (χ1) is 22.2. The molecule has 10 nitrogen and oxygen atoms in total. The Bertz CT molecular complexity index is 1410. The van der Waals surface area contributed by atoms with Crippen LogP contribution in [0.4, 0.5) is 16.2 Å². The molecule has 0 unspecified atom stereocenters. The maximum Gasteiger partial charge on any atom is 0.322 e. The Balaban J connectivity index is 1.10. The van der Waals surface area contributed by atoms with E-state index >= 15 is 0 Å². The van der Waals surface area contributed by atoms with Crippen LogP contribution in [0.2, 0.25) is 5.02 Å². The smallest absolute Gasteiger partial charge is 0.322 e. The molecule has 5 heterocycles. The van der Waals surface area contributed by atoms with E-state index in [2.05, 4.69) is 27.5 Å². The second kappa shape index (κ2) is 14.5. The number of carbonyl (C=O) groups excluding carboxylic acids is 3. The zero-order chi connectivity index (χ0) is 32.4. The van der Waals surface area contributed by atoms with Gasteiger partial charge in [-0.3, -0.25) is 14.5 Å². The van der Waals surface area contributed by atoms with Gasteiger partial charge in [0.25, 0.3) is 0 Å². The molecule has 4 amide bonds. The van der Waals surface area contributed by atoms with Crippen LogP contribution in [0.3, 0.4) is 0 Å². The molecule has 1 atom stereocenters. The number of aryl methyl sites for hydroxylation is 1. The summed E-state index contributed by atoms with van der Waals surface area (Å²) in [5, 5.41) is 7.56. The minimum absolute atomic E-state index is 0.00426. The Morgan fingerprint density at radius 2 is 1.65 bits per heavy atom. The number of nitrogen functional groups attached to an aromatic ring is 1. The molecule has 1 aromatic carbocycles. The number of amides is 4. The van der Waals surface area contributed by atoms with Crippen LogP contribution >= 0.6 is 22.9 Å². The molecule has 0 spiro atoms. The fraction of sp³-hybridized carbons (Fsp3) is 0.618. The molecule has 0 bridgehead atoms. The number of hydrogen-bond donors (Lipinski definition) is 2. The summed E-state index contributed by atoms with van der Waals surface area (Å²) in [6, 6.07) is 4.43. The number of likely N-dealkylation sites (tertiary alicyclic amines) is 2. The van der Waals surface area contributed by atoms with Crippen LogP contribution in [0, 0.1) is 5.92 Å². The molecule has 4 aliphatic heterocycles. The number of halogens is 1. The average Bonchev–Trinajstić information content (AvgIpc) is 3.53. The quantitative estimate of drug-likeness (QED) is 0.405. The van der Waals surface area contributed by atoms with Gasteiger partial charge in [0, 0.05) is 81.8 Å². The lowest BCUT2D eigenvalue weighted by Crippen LogP contribution is -2.54. The molecule has 250 valence electrons. The van der Waals surface area contributed by atoms with Crippen molar-refractivity contribution in [1.29, 1.82) is 0 Å². The number of piperidine rings is 2. The highest BCUT2D eigenvalue weighted by Gasteiger charge is 2.36. The van der Waals surface area contributed by atoms with Crippen LogP contribution < -0.4 is 11.1 Å². The third-order valence-corrected chi connectivity index (χ3v) is 11.7. The van der Waals surface area contributed by atoms with Gasteiger partial charge in [-0.2, -0.15) is 0 Å². The number of nitrogens with one attached hydrogen (secondary N) is 1. The molecule has 1 aromatic heterocycles. The van der Waals surface area contributed by atoms with Crippen LogP contribution in [-0.4, -0.2) is 114 Å². The molecule has 3 N–H and O–H groups in total. The van der Waals surface area contributed by atoms with Crippen molar-refractivity contribution in [1.82, 2.24) is 24.5 Å². The summed E-state index contributed by atoms with van der Waals surface area (Å²) in [6.07, 6.45) is 4.74. The molecule has 2 aromatic rings. The van der Waals surface area contributed by atoms with E-state index in [4.69, 9.17) is 17.3 Å². The highest BCUT2D eigenvalue weighted by atomic mass is 35.5. The van der Waals surface area contributed by atoms with E-state index in [1.165, 1.54) is 0 Å². The largest absolute Gasteiger partial charge is 0.397 e. The maximum absolute atomic E-state index is 14.2. The molecule has 46 heavy (non-hydrogen) atoms. The van der Waals surface area contributed by atoms with E-state index in [0.717, 1.165) is 93.8 Å². The van der Waals surface area contributed by atoms with Gasteiger partial charge in [0.2, 0.25) is 11.8 Å². The van der Waals surface area contributed by atoms with Crippen molar-refractivity contribution >= 4 is 52.2 Å². The third kappa shape index (κ3) is 7.32. The number of thiophene rings is 1. The van der Waals surface area contributed by atoms with Gasteiger partial charge in [0.05, 0.1) is 28.9 Å². The molecule has 6 rings (SSSR count). The van der Waals surface area contributed by atoms with E-state index in [1.54, 1.807) is 11.3 Å². The van der Waals surface area contributed by atoms with Crippen molar-refractivity contribution in [3.63, 3.8) is 0 Å². The summed E-state index contributed by atoms with van der Waals surface area (Å²) < 4.78 is 0. The van der Waals surface area contributed by atoms with Gasteiger partial charge >= 0.3 is 6.03 Å². The van der Waals surface area contributed by atoms with Crippen molar-refractivity contribution < 1.29 is 14.4 Å². The molecule has 12 heteroatoms. The van der Waals surface area contributed by atoms with Crippen molar-refractivity contribution in [3.8, 4) is 0 Å². The first kappa shape index (κ1) is 33.1. The highest BCUT2D eigenvalue weighted by Crippen LogP contribution is 2.32. The van der Waals surface area contributed by atoms with Crippen LogP contribution in [0.25, 0.3) is 0 Å². The molecule has 4 aliphatic rings. The number of urea groups is 1. The number of hydrogen-bond acceptors (Lipinski definition) is 7. The van der Waals surface area contributed by atoms with Crippen molar-refractivity contribution in [2.75, 3.05) is 70.5 Å². The van der Waals surface area contributed by atoms with Gasteiger partial charge in [-0.1, -0.05) is 24.6 Å². The predicted molar refractivity (Wildman–Crippen MR) is 184 cm³/mol. The lowest BCUT2D eigenvalue weighted by atomic mass is 9.91. The summed E-state index contributed by atoms with van der Waals surface area (Å²) in [4.78, 5) is 51.5. The average molecular weight is 670 g/mol. The Hall–Kier alpha value is -2.86. The Morgan fingerprint density at radius 1 is 0.978 bits per heavy atom. The number of nitrogens with zero attached hydrogens (tertiary/aromatic N) is 5. The lowest BCUT2D eigenvalue weighted by molar-refractivity contribution is -0.143. The van der Waals surface area contributed by atoms with Gasteiger partial charge in [0.1, 0.15) is 0 Å². The van der Waals surface area contributed by atoms with Gasteiger partial charge < -0.3 is 30.7 Å². The molecule has 3 fully saturated rings. The number of nitrogens with two attached hydrogens (primary N) is 1. The number of anilines is 2. The summed E-state index contributed by atoms with van der Waals surface area (Å²) in [5.41, 5.74) is 10.8. The summed E-state index contributed by atoms with van der Waals surface area (Å²) in [5.74, 6) is -0.410. The fourth-order valence-electron chi connectivity index (χ4n) is 7.64. The first-order valence-corrected chi connectivity index (χ1v) is 18.2. The van der Waals surface area contributed by atoms with E-state index in [-0.39, 0.29) is 30.3 Å². The third-order valence-electron chi connectivity index (χ3n) is 10.6. The van der Waals surface area contributed by atoms with E-state index in [1.807, 2.05) is 39.1 Å². The molecule has 0 radical (unpaired) electrons. The molecule has 3 saturated heterocycles. The predicted octanol–water partition coefficient (Wildman–Crippen LogP) is 4.37. The van der Waals surface area contributed by atoms with Crippen molar-refractivity contribution in [2.45, 2.75) is 70.5 Å². The lowest BCUT2D eigenvalue weighted by Gasteiger charge is -2.42. The minimum atomic E-state index is -0.473. The molecular formula is C34H48ClN7O3S. The van der Waals surface area contributed by atoms with E-state index < -0.39 is 5.92 Å². The number of likely N-dealkylation sites (N-methyl/N-ethyl adjacent to an activating group) is 1. The van der Waals surface area contributed by atoms with Crippen LogP contribution in [0.15, 0.2) is 22.9 Å². The topological polar surface area (TPSA) is 105 Å². The number of carbonyl (C=O) groups is 3. The van der Waals surface area contributed by atoms with Gasteiger partial charge in [0.15, 0.2) is 0 Å². The second-order valence-corrected chi connectivity index (χ2v) is 14.6. The minimum Gasteiger partial charge on any atom is -0.397 e. The zero-order valence-corrected chi connectivity index (χ0v) is 28.8. The SMILES string of the molecule is CCc1cc(C[C@@H](CC(=O)N2CCC(N3Cc4cscc4NC3=O)CC2)C(=O)N2CCC(N3CCN(C)CC3)CC2)cc(Cl)c1N. The molecule has 0 aliphatic carbocycles. The van der Waals surface area contributed by atoms with Gasteiger partial charge in [-0.15, -0.1) is 11.3 Å².